The Hall–Kier alpha value is -1.22. The van der Waals surface area contributed by atoms with Crippen molar-refractivity contribution in [2.24, 2.45) is 5.92 Å². The van der Waals surface area contributed by atoms with E-state index >= 15 is 0 Å². The zero-order chi connectivity index (χ0) is 14.4. The molecule has 0 amide bonds. The third-order valence-corrected chi connectivity index (χ3v) is 3.58. The lowest BCUT2D eigenvalue weighted by atomic mass is 10.2. The molecule has 0 unspecified atom stereocenters. The Balaban J connectivity index is 1.78. The van der Waals surface area contributed by atoms with Crippen LogP contribution in [0.3, 0.4) is 0 Å². The number of hydrogen-bond acceptors (Lipinski definition) is 3. The Morgan fingerprint density at radius 3 is 2.70 bits per heavy atom. The Labute approximate surface area is 122 Å². The smallest absolute Gasteiger partial charge is 0.161 e. The molecule has 0 radical (unpaired) electrons. The Morgan fingerprint density at radius 2 is 2.05 bits per heavy atom. The highest BCUT2D eigenvalue weighted by Gasteiger charge is 2.19. The SMILES string of the molecule is COc1cc(CNCCCC2CC2)ccc1OC(C)C. The quantitative estimate of drug-likeness (QED) is 0.697. The minimum Gasteiger partial charge on any atom is -0.493 e. The van der Waals surface area contributed by atoms with Crippen LogP contribution in [0.5, 0.6) is 11.5 Å². The lowest BCUT2D eigenvalue weighted by Crippen LogP contribution is -2.15. The predicted molar refractivity (Wildman–Crippen MR) is 82.4 cm³/mol. The van der Waals surface area contributed by atoms with E-state index in [-0.39, 0.29) is 6.10 Å². The number of nitrogens with one attached hydrogen (secondary N) is 1. The largest absolute Gasteiger partial charge is 0.493 e. The topological polar surface area (TPSA) is 30.5 Å². The summed E-state index contributed by atoms with van der Waals surface area (Å²) in [5, 5.41) is 3.50. The minimum atomic E-state index is 0.162. The first-order valence-corrected chi connectivity index (χ1v) is 7.73. The van der Waals surface area contributed by atoms with E-state index in [4.69, 9.17) is 9.47 Å². The average Bonchev–Trinajstić information content (AvgIpc) is 3.23. The van der Waals surface area contributed by atoms with Crippen molar-refractivity contribution in [3.05, 3.63) is 23.8 Å². The standard InChI is InChI=1S/C17H27NO2/c1-13(2)20-16-9-8-15(11-17(16)19-3)12-18-10-4-5-14-6-7-14/h8-9,11,13-14,18H,4-7,10,12H2,1-3H3. The Kier molecular flexibility index (Phi) is 5.72. The molecule has 112 valence electrons. The summed E-state index contributed by atoms with van der Waals surface area (Å²) in [6.07, 6.45) is 5.74. The van der Waals surface area contributed by atoms with Gasteiger partial charge < -0.3 is 14.8 Å². The molecule has 1 fully saturated rings. The second-order valence-electron chi connectivity index (χ2n) is 5.91. The van der Waals surface area contributed by atoms with Crippen molar-refractivity contribution in [1.29, 1.82) is 0 Å². The number of hydrogen-bond donors (Lipinski definition) is 1. The van der Waals surface area contributed by atoms with Crippen molar-refractivity contribution >= 4 is 0 Å². The fraction of sp³-hybridized carbons (Fsp3) is 0.647. The van der Waals surface area contributed by atoms with Gasteiger partial charge in [0, 0.05) is 6.54 Å². The molecule has 3 nitrogen and oxygen atoms in total. The van der Waals surface area contributed by atoms with Crippen LogP contribution in [0.1, 0.15) is 45.1 Å². The van der Waals surface area contributed by atoms with Gasteiger partial charge in [0.05, 0.1) is 13.2 Å². The Morgan fingerprint density at radius 1 is 1.25 bits per heavy atom. The van der Waals surface area contributed by atoms with Gasteiger partial charge in [0.25, 0.3) is 0 Å². The van der Waals surface area contributed by atoms with Gasteiger partial charge >= 0.3 is 0 Å². The highest BCUT2D eigenvalue weighted by molar-refractivity contribution is 5.43. The van der Waals surface area contributed by atoms with Crippen LogP contribution in [0.25, 0.3) is 0 Å². The monoisotopic (exact) mass is 277 g/mol. The molecule has 1 saturated carbocycles. The number of rotatable bonds is 9. The first kappa shape index (κ1) is 15.2. The third-order valence-electron chi connectivity index (χ3n) is 3.58. The molecule has 20 heavy (non-hydrogen) atoms. The van der Waals surface area contributed by atoms with Crippen molar-refractivity contribution in [3.63, 3.8) is 0 Å². The molecule has 1 N–H and O–H groups in total. The molecule has 0 spiro atoms. The molecule has 1 aromatic carbocycles. The molecule has 0 aliphatic heterocycles. The van der Waals surface area contributed by atoms with E-state index in [1.165, 1.54) is 31.2 Å². The summed E-state index contributed by atoms with van der Waals surface area (Å²) in [6, 6.07) is 6.17. The summed E-state index contributed by atoms with van der Waals surface area (Å²) >= 11 is 0. The van der Waals surface area contributed by atoms with Gasteiger partial charge in [-0.2, -0.15) is 0 Å². The third kappa shape index (κ3) is 5.04. The highest BCUT2D eigenvalue weighted by Crippen LogP contribution is 2.33. The fourth-order valence-electron chi connectivity index (χ4n) is 2.33. The first-order valence-electron chi connectivity index (χ1n) is 7.73. The van der Waals surface area contributed by atoms with Gasteiger partial charge in [-0.05, 0) is 56.8 Å². The molecule has 0 bridgehead atoms. The van der Waals surface area contributed by atoms with E-state index in [9.17, 15) is 0 Å². The van der Waals surface area contributed by atoms with Gasteiger partial charge in [-0.25, -0.2) is 0 Å². The fourth-order valence-corrected chi connectivity index (χ4v) is 2.33. The van der Waals surface area contributed by atoms with Crippen molar-refractivity contribution in [2.75, 3.05) is 13.7 Å². The van der Waals surface area contributed by atoms with Gasteiger partial charge in [0.15, 0.2) is 11.5 Å². The van der Waals surface area contributed by atoms with Crippen molar-refractivity contribution in [3.8, 4) is 11.5 Å². The van der Waals surface area contributed by atoms with Crippen LogP contribution < -0.4 is 14.8 Å². The normalized spacial score (nSPS) is 14.6. The lowest BCUT2D eigenvalue weighted by Gasteiger charge is -2.14. The molecule has 0 atom stereocenters. The molecular weight excluding hydrogens is 250 g/mol. The van der Waals surface area contributed by atoms with Crippen LogP contribution in [-0.4, -0.2) is 19.8 Å². The molecule has 0 heterocycles. The Bertz CT molecular complexity index is 413. The molecular formula is C17H27NO2. The minimum absolute atomic E-state index is 0.162. The molecule has 1 aliphatic rings. The molecule has 2 rings (SSSR count). The van der Waals surface area contributed by atoms with Gasteiger partial charge in [-0.15, -0.1) is 0 Å². The van der Waals surface area contributed by atoms with Gasteiger partial charge in [0.1, 0.15) is 0 Å². The van der Waals surface area contributed by atoms with Crippen molar-refractivity contribution < 1.29 is 9.47 Å². The van der Waals surface area contributed by atoms with Crippen LogP contribution in [0, 0.1) is 5.92 Å². The first-order chi connectivity index (χ1) is 9.69. The highest BCUT2D eigenvalue weighted by atomic mass is 16.5. The molecule has 1 aliphatic carbocycles. The van der Waals surface area contributed by atoms with Crippen molar-refractivity contribution in [1.82, 2.24) is 5.32 Å². The van der Waals surface area contributed by atoms with E-state index in [2.05, 4.69) is 17.4 Å². The van der Waals surface area contributed by atoms with E-state index in [0.29, 0.717) is 0 Å². The van der Waals surface area contributed by atoms with Crippen molar-refractivity contribution in [2.45, 2.75) is 52.2 Å². The summed E-state index contributed by atoms with van der Waals surface area (Å²) in [4.78, 5) is 0. The number of ether oxygens (including phenoxy) is 2. The van der Waals surface area contributed by atoms with E-state index in [1.54, 1.807) is 7.11 Å². The van der Waals surface area contributed by atoms with E-state index in [1.807, 2.05) is 19.9 Å². The van der Waals surface area contributed by atoms with Gasteiger partial charge in [-0.3, -0.25) is 0 Å². The number of benzene rings is 1. The summed E-state index contributed by atoms with van der Waals surface area (Å²) in [7, 11) is 1.69. The second kappa shape index (κ2) is 7.53. The summed E-state index contributed by atoms with van der Waals surface area (Å²) in [6.45, 7) is 6.04. The molecule has 3 heteroatoms. The maximum absolute atomic E-state index is 5.72. The van der Waals surface area contributed by atoms with Gasteiger partial charge in [-0.1, -0.05) is 18.9 Å². The van der Waals surface area contributed by atoms with Gasteiger partial charge in [0.2, 0.25) is 0 Å². The lowest BCUT2D eigenvalue weighted by molar-refractivity contribution is 0.230. The maximum atomic E-state index is 5.72. The molecule has 0 aromatic heterocycles. The zero-order valence-corrected chi connectivity index (χ0v) is 12.9. The summed E-state index contributed by atoms with van der Waals surface area (Å²) < 4.78 is 11.1. The summed E-state index contributed by atoms with van der Waals surface area (Å²) in [5.41, 5.74) is 1.24. The second-order valence-corrected chi connectivity index (χ2v) is 5.91. The van der Waals surface area contributed by atoms with Crippen LogP contribution in [0.15, 0.2) is 18.2 Å². The van der Waals surface area contributed by atoms with Crippen LogP contribution in [-0.2, 0) is 6.54 Å². The zero-order valence-electron chi connectivity index (χ0n) is 12.9. The van der Waals surface area contributed by atoms with Crippen LogP contribution in [0.4, 0.5) is 0 Å². The van der Waals surface area contributed by atoms with E-state index in [0.717, 1.165) is 30.5 Å². The van der Waals surface area contributed by atoms with Crippen LogP contribution >= 0.6 is 0 Å². The predicted octanol–water partition coefficient (Wildman–Crippen LogP) is 3.76. The summed E-state index contributed by atoms with van der Waals surface area (Å²) in [5.74, 6) is 2.67. The maximum Gasteiger partial charge on any atom is 0.161 e. The molecule has 0 saturated heterocycles. The van der Waals surface area contributed by atoms with E-state index < -0.39 is 0 Å². The molecule has 1 aromatic rings. The van der Waals surface area contributed by atoms with Crippen LogP contribution in [0.2, 0.25) is 0 Å². The number of methoxy groups -OCH3 is 1. The average molecular weight is 277 g/mol.